The molecule has 1 aromatic rings. The molecule has 3 aliphatic heterocycles. The predicted molar refractivity (Wildman–Crippen MR) is 120 cm³/mol. The average molecular weight is 466 g/mol. The van der Waals surface area contributed by atoms with Gasteiger partial charge in [-0.3, -0.25) is 4.90 Å². The maximum absolute atomic E-state index is 14.5. The molecular formula is C23H33F2N5O3. The van der Waals surface area contributed by atoms with Gasteiger partial charge in [0.25, 0.3) is 0 Å². The summed E-state index contributed by atoms with van der Waals surface area (Å²) in [5, 5.41) is 14.6. The van der Waals surface area contributed by atoms with Crippen molar-refractivity contribution in [3.63, 3.8) is 0 Å². The number of nitro groups is 1. The topological polar surface area (TPSA) is 83.8 Å². The Kier molecular flexibility index (Phi) is 6.50. The summed E-state index contributed by atoms with van der Waals surface area (Å²) in [6.45, 7) is 6.05. The number of alkyl halides is 2. The molecule has 0 radical (unpaired) electrons. The van der Waals surface area contributed by atoms with Crippen LogP contribution < -0.4 is 10.2 Å². The second-order valence-electron chi connectivity index (χ2n) is 10.2. The van der Waals surface area contributed by atoms with Crippen LogP contribution in [0.5, 0.6) is 0 Å². The number of morpholine rings is 1. The number of pyridine rings is 1. The number of nitrogens with zero attached hydrogens (tertiary/aromatic N) is 4. The SMILES string of the molecule is CC1COC2C(F)C(F)CC3CC(CN[C@H]4CCCN(c5ccc([N+](=O)[O-])nc5)C4)CN1C32. The third kappa shape index (κ3) is 4.57. The van der Waals surface area contributed by atoms with Crippen molar-refractivity contribution in [3.8, 4) is 0 Å². The van der Waals surface area contributed by atoms with Crippen molar-refractivity contribution in [2.75, 3.05) is 37.7 Å². The Bertz CT molecular complexity index is 846. The van der Waals surface area contributed by atoms with Crippen molar-refractivity contribution in [2.45, 2.75) is 69.2 Å². The van der Waals surface area contributed by atoms with Crippen LogP contribution in [0.1, 0.15) is 32.6 Å². The number of anilines is 1. The first-order valence-corrected chi connectivity index (χ1v) is 12.1. The van der Waals surface area contributed by atoms with Gasteiger partial charge < -0.3 is 25.1 Å². The van der Waals surface area contributed by atoms with Crippen molar-refractivity contribution >= 4 is 11.5 Å². The smallest absolute Gasteiger partial charge is 0.363 e. The number of rotatable bonds is 5. The van der Waals surface area contributed by atoms with Crippen LogP contribution in [0.25, 0.3) is 0 Å². The van der Waals surface area contributed by atoms with Crippen LogP contribution in [-0.2, 0) is 4.74 Å². The number of piperidine rings is 2. The lowest BCUT2D eigenvalue weighted by Gasteiger charge is -2.56. The Morgan fingerprint density at radius 2 is 2.15 bits per heavy atom. The van der Waals surface area contributed by atoms with Crippen LogP contribution in [0.2, 0.25) is 0 Å². The van der Waals surface area contributed by atoms with Gasteiger partial charge in [0.1, 0.15) is 12.3 Å². The highest BCUT2D eigenvalue weighted by Crippen LogP contribution is 2.43. The molecule has 8 nitrogen and oxygen atoms in total. The van der Waals surface area contributed by atoms with Gasteiger partial charge in [0, 0.05) is 43.8 Å². The van der Waals surface area contributed by atoms with Crippen LogP contribution in [-0.4, -0.2) is 84.2 Å². The third-order valence-electron chi connectivity index (χ3n) is 7.99. The Balaban J connectivity index is 1.19. The van der Waals surface area contributed by atoms with E-state index in [2.05, 4.69) is 27.0 Å². The molecule has 0 amide bonds. The fraction of sp³-hybridized carbons (Fsp3) is 0.783. The molecule has 4 heterocycles. The molecule has 0 aromatic carbocycles. The van der Waals surface area contributed by atoms with E-state index in [1.165, 1.54) is 6.07 Å². The van der Waals surface area contributed by atoms with Gasteiger partial charge in [-0.05, 0) is 67.0 Å². The molecule has 1 aromatic heterocycles. The van der Waals surface area contributed by atoms with E-state index >= 15 is 0 Å². The molecule has 1 aliphatic carbocycles. The highest BCUT2D eigenvalue weighted by Gasteiger charge is 2.54. The molecule has 4 fully saturated rings. The van der Waals surface area contributed by atoms with E-state index < -0.39 is 23.4 Å². The van der Waals surface area contributed by atoms with Gasteiger partial charge in [0.2, 0.25) is 0 Å². The minimum Gasteiger partial charge on any atom is -0.372 e. The van der Waals surface area contributed by atoms with Gasteiger partial charge in [0.15, 0.2) is 12.4 Å². The van der Waals surface area contributed by atoms with Gasteiger partial charge in [-0.2, -0.15) is 0 Å². The first-order valence-electron chi connectivity index (χ1n) is 12.1. The highest BCUT2D eigenvalue weighted by atomic mass is 19.2. The number of hydrogen-bond acceptors (Lipinski definition) is 7. The van der Waals surface area contributed by atoms with Gasteiger partial charge in [-0.15, -0.1) is 0 Å². The Hall–Kier alpha value is -1.91. The summed E-state index contributed by atoms with van der Waals surface area (Å²) in [7, 11) is 0. The quantitative estimate of drug-likeness (QED) is 0.529. The van der Waals surface area contributed by atoms with E-state index in [1.54, 1.807) is 12.3 Å². The number of ether oxygens (including phenoxy) is 1. The Morgan fingerprint density at radius 1 is 1.30 bits per heavy atom. The number of hydrogen-bond donors (Lipinski definition) is 1. The largest absolute Gasteiger partial charge is 0.372 e. The molecule has 33 heavy (non-hydrogen) atoms. The van der Waals surface area contributed by atoms with E-state index in [1.807, 2.05) is 0 Å². The van der Waals surface area contributed by atoms with Crippen LogP contribution in [0.4, 0.5) is 20.3 Å². The third-order valence-corrected chi connectivity index (χ3v) is 7.99. The van der Waals surface area contributed by atoms with Gasteiger partial charge in [0.05, 0.1) is 12.3 Å². The van der Waals surface area contributed by atoms with Crippen LogP contribution >= 0.6 is 0 Å². The minimum atomic E-state index is -1.52. The molecule has 1 N–H and O–H groups in total. The monoisotopic (exact) mass is 465 g/mol. The van der Waals surface area contributed by atoms with Crippen molar-refractivity contribution in [1.82, 2.24) is 15.2 Å². The maximum atomic E-state index is 14.5. The summed E-state index contributed by atoms with van der Waals surface area (Å²) >= 11 is 0. The fourth-order valence-electron chi connectivity index (χ4n) is 6.38. The summed E-state index contributed by atoms with van der Waals surface area (Å²) in [4.78, 5) is 18.9. The van der Waals surface area contributed by atoms with Crippen molar-refractivity contribution in [1.29, 1.82) is 0 Å². The van der Waals surface area contributed by atoms with E-state index in [9.17, 15) is 18.9 Å². The average Bonchev–Trinajstić information content (AvgIpc) is 2.82. The van der Waals surface area contributed by atoms with E-state index in [-0.39, 0.29) is 30.2 Å². The van der Waals surface area contributed by atoms with Crippen LogP contribution in [0.3, 0.4) is 0 Å². The second-order valence-corrected chi connectivity index (χ2v) is 10.2. The summed E-state index contributed by atoms with van der Waals surface area (Å²) in [6, 6.07) is 3.74. The summed E-state index contributed by atoms with van der Waals surface area (Å²) in [6.07, 6.45) is 1.29. The lowest BCUT2D eigenvalue weighted by Crippen LogP contribution is -2.68. The van der Waals surface area contributed by atoms with Crippen LogP contribution in [0, 0.1) is 22.0 Å². The van der Waals surface area contributed by atoms with Crippen molar-refractivity contribution in [3.05, 3.63) is 28.4 Å². The van der Waals surface area contributed by atoms with Crippen LogP contribution in [0.15, 0.2) is 18.3 Å². The van der Waals surface area contributed by atoms with Crippen molar-refractivity contribution < 1.29 is 18.4 Å². The highest BCUT2D eigenvalue weighted by molar-refractivity contribution is 5.47. The molecule has 4 aliphatic rings. The molecule has 0 spiro atoms. The van der Waals surface area contributed by atoms with Gasteiger partial charge in [-0.25, -0.2) is 8.78 Å². The van der Waals surface area contributed by atoms with E-state index in [0.29, 0.717) is 18.6 Å². The first kappa shape index (κ1) is 22.9. The summed E-state index contributed by atoms with van der Waals surface area (Å²) in [5.41, 5.74) is 0.901. The number of aromatic nitrogens is 1. The molecular weight excluding hydrogens is 432 g/mol. The number of halogens is 2. The zero-order chi connectivity index (χ0) is 23.1. The Morgan fingerprint density at radius 3 is 2.91 bits per heavy atom. The van der Waals surface area contributed by atoms with E-state index in [4.69, 9.17) is 4.74 Å². The molecule has 3 saturated heterocycles. The van der Waals surface area contributed by atoms with Crippen molar-refractivity contribution in [2.24, 2.45) is 11.8 Å². The normalized spacial score (nSPS) is 39.2. The summed E-state index contributed by atoms with van der Waals surface area (Å²) < 4.78 is 34.6. The minimum absolute atomic E-state index is 0.00758. The second kappa shape index (κ2) is 9.38. The molecule has 7 unspecified atom stereocenters. The first-order chi connectivity index (χ1) is 15.9. The predicted octanol–water partition coefficient (Wildman–Crippen LogP) is 2.72. The molecule has 8 atom stereocenters. The zero-order valence-electron chi connectivity index (χ0n) is 19.0. The van der Waals surface area contributed by atoms with Gasteiger partial charge in [-0.1, -0.05) is 0 Å². The lowest BCUT2D eigenvalue weighted by molar-refractivity contribution is -0.389. The standard InChI is InChI=1S/C23H33F2N5O3/c1-14-13-33-23-21(25)19(24)8-16-7-15(11-29(14)22(16)23)9-26-17-3-2-6-28(12-17)18-4-5-20(27-10-18)30(31)32/h4-5,10,14-17,19,21-23,26H,2-3,6-9,11-13H2,1H3/t14?,15?,16?,17-,19?,21?,22?,23?/m0/s1. The number of nitrogens with one attached hydrogen (secondary N) is 1. The summed E-state index contributed by atoms with van der Waals surface area (Å²) in [5.74, 6) is 0.388. The Labute approximate surface area is 192 Å². The molecule has 10 heteroatoms. The fourth-order valence-corrected chi connectivity index (χ4v) is 6.38. The zero-order valence-corrected chi connectivity index (χ0v) is 19.0. The molecule has 0 bridgehead atoms. The molecule has 182 valence electrons. The molecule has 5 rings (SSSR count). The van der Waals surface area contributed by atoms with E-state index in [0.717, 1.165) is 51.1 Å². The van der Waals surface area contributed by atoms with Gasteiger partial charge >= 0.3 is 5.82 Å². The lowest BCUT2D eigenvalue weighted by atomic mass is 9.71. The molecule has 1 saturated carbocycles. The maximum Gasteiger partial charge on any atom is 0.363 e.